The Balaban J connectivity index is 1.54. The molecule has 1 amide bonds. The summed E-state index contributed by atoms with van der Waals surface area (Å²) in [6.45, 7) is 1.17. The Morgan fingerprint density at radius 2 is 1.97 bits per heavy atom. The van der Waals surface area contributed by atoms with E-state index in [9.17, 15) is 4.79 Å². The van der Waals surface area contributed by atoms with E-state index in [-0.39, 0.29) is 5.92 Å². The highest BCUT2D eigenvalue weighted by atomic mass is 16.5. The van der Waals surface area contributed by atoms with Crippen LogP contribution in [0.4, 0.5) is 0 Å². The van der Waals surface area contributed by atoms with Crippen molar-refractivity contribution in [3.05, 3.63) is 94.4 Å². The van der Waals surface area contributed by atoms with Crippen LogP contribution in [0.5, 0.6) is 0 Å². The van der Waals surface area contributed by atoms with E-state index in [2.05, 4.69) is 39.1 Å². The van der Waals surface area contributed by atoms with Crippen LogP contribution in [0, 0.1) is 0 Å². The summed E-state index contributed by atoms with van der Waals surface area (Å²) in [6.07, 6.45) is 4.42. The minimum absolute atomic E-state index is 0.279. The van der Waals surface area contributed by atoms with Crippen molar-refractivity contribution in [3.63, 3.8) is 0 Å². The number of hydrogen-bond acceptors (Lipinski definition) is 5. The topological polar surface area (TPSA) is 105 Å². The van der Waals surface area contributed by atoms with Crippen LogP contribution in [-0.2, 0) is 30.5 Å². The molecule has 1 aliphatic carbocycles. The average Bonchev–Trinajstić information content (AvgIpc) is 3.48. The van der Waals surface area contributed by atoms with Crippen molar-refractivity contribution in [2.45, 2.75) is 31.7 Å². The van der Waals surface area contributed by atoms with E-state index in [0.29, 0.717) is 18.7 Å². The molecule has 0 radical (unpaired) electrons. The predicted octanol–water partition coefficient (Wildman–Crippen LogP) is 3.51. The summed E-state index contributed by atoms with van der Waals surface area (Å²) in [6, 6.07) is 17.7. The van der Waals surface area contributed by atoms with Crippen LogP contribution in [-0.4, -0.2) is 44.8 Å². The summed E-state index contributed by atoms with van der Waals surface area (Å²) in [5.74, 6) is -0.250. The lowest BCUT2D eigenvalue weighted by Gasteiger charge is -2.23. The maximum absolute atomic E-state index is 11.7. The Labute approximate surface area is 197 Å². The molecule has 1 aliphatic rings. The number of nitrogens with one attached hydrogen (secondary N) is 2. The highest BCUT2D eigenvalue weighted by Gasteiger charge is 2.33. The SMILES string of the molecule is COCCc1c2c(nn1Cc1ccc(C(=O)NO)cc1)-c1cn[nH]c1CC2Cc1ccccc1. The monoisotopic (exact) mass is 457 g/mol. The summed E-state index contributed by atoms with van der Waals surface area (Å²) in [5.41, 5.74) is 9.98. The van der Waals surface area contributed by atoms with Gasteiger partial charge >= 0.3 is 0 Å². The molecule has 0 bridgehead atoms. The first-order valence-corrected chi connectivity index (χ1v) is 11.4. The number of benzene rings is 2. The van der Waals surface area contributed by atoms with Crippen molar-refractivity contribution < 1.29 is 14.7 Å². The first-order valence-electron chi connectivity index (χ1n) is 11.4. The van der Waals surface area contributed by atoms with E-state index in [1.807, 2.05) is 24.4 Å². The number of amides is 1. The molecular formula is C26H27N5O3. The Bertz CT molecular complexity index is 1280. The Morgan fingerprint density at radius 1 is 1.18 bits per heavy atom. The molecule has 4 aromatic rings. The van der Waals surface area contributed by atoms with Crippen molar-refractivity contribution in [3.8, 4) is 11.3 Å². The first kappa shape index (κ1) is 22.1. The van der Waals surface area contributed by atoms with Gasteiger partial charge in [-0.05, 0) is 42.0 Å². The normalized spacial score (nSPS) is 14.5. The van der Waals surface area contributed by atoms with Crippen LogP contribution in [0.2, 0.25) is 0 Å². The lowest BCUT2D eigenvalue weighted by atomic mass is 9.80. The molecule has 0 saturated heterocycles. The third-order valence-electron chi connectivity index (χ3n) is 6.45. The van der Waals surface area contributed by atoms with Crippen LogP contribution in [0.25, 0.3) is 11.3 Å². The summed E-state index contributed by atoms with van der Waals surface area (Å²) in [5, 5.41) is 21.4. The zero-order chi connectivity index (χ0) is 23.5. The number of hydroxylamine groups is 1. The number of nitrogens with zero attached hydrogens (tertiary/aromatic N) is 3. The van der Waals surface area contributed by atoms with Gasteiger partial charge in [0.1, 0.15) is 0 Å². The second-order valence-electron chi connectivity index (χ2n) is 8.60. The van der Waals surface area contributed by atoms with Gasteiger partial charge in [0.2, 0.25) is 0 Å². The number of hydrogen-bond donors (Lipinski definition) is 3. The quantitative estimate of drug-likeness (QED) is 0.277. The fourth-order valence-corrected chi connectivity index (χ4v) is 4.82. The first-order chi connectivity index (χ1) is 16.7. The molecule has 3 N–H and O–H groups in total. The molecule has 0 saturated carbocycles. The van der Waals surface area contributed by atoms with E-state index in [1.165, 1.54) is 16.8 Å². The van der Waals surface area contributed by atoms with Gasteiger partial charge in [-0.15, -0.1) is 0 Å². The molecule has 2 aromatic heterocycles. The lowest BCUT2D eigenvalue weighted by molar-refractivity contribution is 0.0706. The van der Waals surface area contributed by atoms with E-state index in [4.69, 9.17) is 15.0 Å². The number of methoxy groups -OCH3 is 1. The lowest BCUT2D eigenvalue weighted by Crippen LogP contribution is -2.18. The standard InChI is InChI=1S/C26H27N5O3/c1-34-12-11-23-24-20(13-17-5-3-2-4-6-17)14-22-21(15-27-28-22)25(24)29-31(23)16-18-7-9-19(10-8-18)26(32)30-33/h2-10,15,20,33H,11-14,16H2,1H3,(H,27,28)(H,30,32). The summed E-state index contributed by atoms with van der Waals surface area (Å²) in [7, 11) is 1.72. The molecule has 5 rings (SSSR count). The number of ether oxygens (including phenoxy) is 1. The van der Waals surface area contributed by atoms with Gasteiger partial charge in [0.25, 0.3) is 5.91 Å². The molecule has 8 heteroatoms. The number of aromatic amines is 1. The van der Waals surface area contributed by atoms with Gasteiger partial charge in [0.05, 0.1) is 25.0 Å². The number of H-pyrrole nitrogens is 1. The summed E-state index contributed by atoms with van der Waals surface area (Å²) in [4.78, 5) is 11.7. The average molecular weight is 458 g/mol. The molecule has 1 atom stereocenters. The largest absolute Gasteiger partial charge is 0.384 e. The number of fused-ring (bicyclic) bond motifs is 3. The highest BCUT2D eigenvalue weighted by Crippen LogP contribution is 2.42. The van der Waals surface area contributed by atoms with Gasteiger partial charge < -0.3 is 4.74 Å². The number of carbonyl (C=O) groups excluding carboxylic acids is 1. The molecule has 0 spiro atoms. The number of aromatic nitrogens is 4. The van der Waals surface area contributed by atoms with Crippen LogP contribution in [0.3, 0.4) is 0 Å². The molecule has 174 valence electrons. The van der Waals surface area contributed by atoms with Crippen molar-refractivity contribution in [1.29, 1.82) is 0 Å². The molecular weight excluding hydrogens is 430 g/mol. The minimum Gasteiger partial charge on any atom is -0.384 e. The van der Waals surface area contributed by atoms with Gasteiger partial charge in [-0.1, -0.05) is 42.5 Å². The van der Waals surface area contributed by atoms with E-state index in [1.54, 1.807) is 24.7 Å². The van der Waals surface area contributed by atoms with Crippen LogP contribution >= 0.6 is 0 Å². The van der Waals surface area contributed by atoms with E-state index >= 15 is 0 Å². The Morgan fingerprint density at radius 3 is 2.71 bits per heavy atom. The molecule has 8 nitrogen and oxygen atoms in total. The molecule has 34 heavy (non-hydrogen) atoms. The molecule has 0 aliphatic heterocycles. The minimum atomic E-state index is -0.530. The van der Waals surface area contributed by atoms with Crippen molar-refractivity contribution >= 4 is 5.91 Å². The third kappa shape index (κ3) is 4.25. The summed E-state index contributed by atoms with van der Waals surface area (Å²) >= 11 is 0. The van der Waals surface area contributed by atoms with Crippen LogP contribution in [0.15, 0.2) is 60.8 Å². The molecule has 2 heterocycles. The van der Waals surface area contributed by atoms with Crippen LogP contribution in [0.1, 0.15) is 44.4 Å². The number of rotatable bonds is 8. The number of carbonyl (C=O) groups is 1. The van der Waals surface area contributed by atoms with Crippen molar-refractivity contribution in [2.75, 3.05) is 13.7 Å². The Kier molecular flexibility index (Phi) is 6.24. The van der Waals surface area contributed by atoms with Gasteiger partial charge in [-0.25, -0.2) is 5.48 Å². The highest BCUT2D eigenvalue weighted by molar-refractivity contribution is 5.93. The van der Waals surface area contributed by atoms with Gasteiger partial charge in [-0.2, -0.15) is 10.2 Å². The van der Waals surface area contributed by atoms with Crippen LogP contribution < -0.4 is 5.48 Å². The van der Waals surface area contributed by atoms with Gasteiger partial charge in [0, 0.05) is 41.6 Å². The molecule has 0 fully saturated rings. The van der Waals surface area contributed by atoms with E-state index < -0.39 is 5.91 Å². The third-order valence-corrected chi connectivity index (χ3v) is 6.45. The smallest absolute Gasteiger partial charge is 0.274 e. The zero-order valence-corrected chi connectivity index (χ0v) is 19.0. The van der Waals surface area contributed by atoms with Gasteiger partial charge in [-0.3, -0.25) is 19.8 Å². The fraction of sp³-hybridized carbons (Fsp3) is 0.269. The molecule has 1 unspecified atom stereocenters. The second kappa shape index (κ2) is 9.62. The van der Waals surface area contributed by atoms with Crippen molar-refractivity contribution in [2.24, 2.45) is 0 Å². The van der Waals surface area contributed by atoms with Gasteiger partial charge in [0.15, 0.2) is 0 Å². The maximum atomic E-state index is 11.7. The maximum Gasteiger partial charge on any atom is 0.274 e. The summed E-state index contributed by atoms with van der Waals surface area (Å²) < 4.78 is 7.51. The van der Waals surface area contributed by atoms with Crippen molar-refractivity contribution in [1.82, 2.24) is 25.5 Å². The fourth-order valence-electron chi connectivity index (χ4n) is 4.82. The van der Waals surface area contributed by atoms with E-state index in [0.717, 1.165) is 41.8 Å². The Hall–Kier alpha value is -3.75. The zero-order valence-electron chi connectivity index (χ0n) is 19.0. The second-order valence-corrected chi connectivity index (χ2v) is 8.60. The molecule has 2 aromatic carbocycles. The predicted molar refractivity (Wildman–Crippen MR) is 127 cm³/mol.